The van der Waals surface area contributed by atoms with E-state index in [0.717, 1.165) is 6.54 Å². The number of carbonyl (C=O) groups excluding carboxylic acids is 1. The summed E-state index contributed by atoms with van der Waals surface area (Å²) in [6, 6.07) is -0.555. The van der Waals surface area contributed by atoms with Crippen LogP contribution in [0.25, 0.3) is 0 Å². The second kappa shape index (κ2) is 5.81. The van der Waals surface area contributed by atoms with E-state index >= 15 is 0 Å². The molecule has 1 aliphatic heterocycles. The summed E-state index contributed by atoms with van der Waals surface area (Å²) < 4.78 is 4.62. The molecular weight excluding hydrogens is 212 g/mol. The van der Waals surface area contributed by atoms with E-state index in [-0.39, 0.29) is 11.9 Å². The summed E-state index contributed by atoms with van der Waals surface area (Å²) in [5, 5.41) is 12.0. The molecule has 2 N–H and O–H groups in total. The maximum absolute atomic E-state index is 11.3. The molecule has 6 heteroatoms. The minimum absolute atomic E-state index is 0.301. The molecule has 2 unspecified atom stereocenters. The van der Waals surface area contributed by atoms with Crippen LogP contribution in [0, 0.1) is 5.92 Å². The molecule has 1 fully saturated rings. The zero-order valence-electron chi connectivity index (χ0n) is 9.60. The van der Waals surface area contributed by atoms with Gasteiger partial charge < -0.3 is 15.2 Å². The molecule has 0 aromatic rings. The highest BCUT2D eigenvalue weighted by Gasteiger charge is 2.30. The van der Waals surface area contributed by atoms with Crippen LogP contribution in [-0.2, 0) is 14.3 Å². The Morgan fingerprint density at radius 3 is 2.88 bits per heavy atom. The number of nitrogens with one attached hydrogen (secondary N) is 1. The fourth-order valence-corrected chi connectivity index (χ4v) is 1.84. The third-order valence-corrected chi connectivity index (χ3v) is 2.75. The molecule has 0 bridgehead atoms. The smallest absolute Gasteiger partial charge is 0.322 e. The van der Waals surface area contributed by atoms with Crippen molar-refractivity contribution in [1.29, 1.82) is 0 Å². The van der Waals surface area contributed by atoms with Crippen molar-refractivity contribution >= 4 is 11.9 Å². The largest absolute Gasteiger partial charge is 0.480 e. The molecule has 92 valence electrons. The molecule has 1 heterocycles. The molecule has 1 rings (SSSR count). The quantitative estimate of drug-likeness (QED) is 0.613. The van der Waals surface area contributed by atoms with Gasteiger partial charge in [0.2, 0.25) is 0 Å². The SMILES string of the molecule is COC(=O)C(C)CN1CCNCC1C(=O)O. The number of esters is 1. The monoisotopic (exact) mass is 230 g/mol. The number of methoxy groups -OCH3 is 1. The number of hydrogen-bond acceptors (Lipinski definition) is 5. The molecule has 0 aromatic carbocycles. The number of aliphatic carboxylic acids is 1. The molecule has 0 radical (unpaired) electrons. The predicted molar refractivity (Wildman–Crippen MR) is 57.0 cm³/mol. The van der Waals surface area contributed by atoms with Gasteiger partial charge in [-0.25, -0.2) is 0 Å². The van der Waals surface area contributed by atoms with Gasteiger partial charge in [0.05, 0.1) is 13.0 Å². The van der Waals surface area contributed by atoms with E-state index in [2.05, 4.69) is 10.1 Å². The van der Waals surface area contributed by atoms with Gasteiger partial charge in [0, 0.05) is 26.2 Å². The summed E-state index contributed by atoms with van der Waals surface area (Å²) >= 11 is 0. The van der Waals surface area contributed by atoms with Crippen molar-refractivity contribution < 1.29 is 19.4 Å². The van der Waals surface area contributed by atoms with E-state index in [4.69, 9.17) is 5.11 Å². The second-order valence-corrected chi connectivity index (χ2v) is 3.98. The van der Waals surface area contributed by atoms with E-state index < -0.39 is 12.0 Å². The molecule has 0 amide bonds. The number of hydrogen-bond donors (Lipinski definition) is 2. The highest BCUT2D eigenvalue weighted by atomic mass is 16.5. The van der Waals surface area contributed by atoms with Crippen molar-refractivity contribution in [2.45, 2.75) is 13.0 Å². The number of rotatable bonds is 4. The minimum Gasteiger partial charge on any atom is -0.480 e. The maximum atomic E-state index is 11.3. The van der Waals surface area contributed by atoms with Crippen LogP contribution in [0.1, 0.15) is 6.92 Å². The number of ether oxygens (including phenoxy) is 1. The molecule has 0 spiro atoms. The Morgan fingerprint density at radius 1 is 1.62 bits per heavy atom. The normalized spacial score (nSPS) is 23.8. The molecule has 1 aliphatic rings. The van der Waals surface area contributed by atoms with Crippen molar-refractivity contribution in [2.24, 2.45) is 5.92 Å². The van der Waals surface area contributed by atoms with Gasteiger partial charge in [-0.05, 0) is 0 Å². The van der Waals surface area contributed by atoms with Crippen molar-refractivity contribution in [1.82, 2.24) is 10.2 Å². The first-order valence-corrected chi connectivity index (χ1v) is 5.31. The topological polar surface area (TPSA) is 78.9 Å². The summed E-state index contributed by atoms with van der Waals surface area (Å²) in [5.74, 6) is -1.46. The van der Waals surface area contributed by atoms with Gasteiger partial charge in [0.1, 0.15) is 6.04 Å². The number of carbonyl (C=O) groups is 2. The summed E-state index contributed by atoms with van der Waals surface area (Å²) in [7, 11) is 1.34. The summed E-state index contributed by atoms with van der Waals surface area (Å²) in [4.78, 5) is 24.0. The lowest BCUT2D eigenvalue weighted by molar-refractivity contribution is -0.149. The predicted octanol–water partition coefficient (Wildman–Crippen LogP) is -0.846. The van der Waals surface area contributed by atoms with Crippen LogP contribution < -0.4 is 5.32 Å². The molecule has 0 aromatic heterocycles. The van der Waals surface area contributed by atoms with Crippen molar-refractivity contribution in [3.63, 3.8) is 0 Å². The first-order chi connectivity index (χ1) is 7.56. The number of carboxylic acids is 1. The van der Waals surface area contributed by atoms with Crippen LogP contribution in [0.15, 0.2) is 0 Å². The van der Waals surface area contributed by atoms with Gasteiger partial charge in [0.15, 0.2) is 0 Å². The van der Waals surface area contributed by atoms with Crippen LogP contribution >= 0.6 is 0 Å². The van der Waals surface area contributed by atoms with Gasteiger partial charge in [0.25, 0.3) is 0 Å². The van der Waals surface area contributed by atoms with Crippen LogP contribution in [0.5, 0.6) is 0 Å². The summed E-state index contributed by atoms with van der Waals surface area (Å²) in [6.45, 7) is 3.97. The summed E-state index contributed by atoms with van der Waals surface area (Å²) in [6.07, 6.45) is 0. The Morgan fingerprint density at radius 2 is 2.31 bits per heavy atom. The first-order valence-electron chi connectivity index (χ1n) is 5.31. The Bertz CT molecular complexity index is 270. The average Bonchev–Trinajstić information content (AvgIpc) is 2.28. The fourth-order valence-electron chi connectivity index (χ4n) is 1.84. The maximum Gasteiger partial charge on any atom is 0.322 e. The van der Waals surface area contributed by atoms with Gasteiger partial charge in [-0.1, -0.05) is 6.92 Å². The third-order valence-electron chi connectivity index (χ3n) is 2.75. The lowest BCUT2D eigenvalue weighted by Gasteiger charge is -2.34. The van der Waals surface area contributed by atoms with E-state index in [1.165, 1.54) is 7.11 Å². The molecule has 1 saturated heterocycles. The molecule has 0 aliphatic carbocycles. The summed E-state index contributed by atoms with van der Waals surface area (Å²) in [5.41, 5.74) is 0. The number of nitrogens with zero attached hydrogens (tertiary/aromatic N) is 1. The van der Waals surface area contributed by atoms with Crippen LogP contribution in [-0.4, -0.2) is 61.3 Å². The minimum atomic E-state index is -0.857. The van der Waals surface area contributed by atoms with Crippen molar-refractivity contribution in [3.05, 3.63) is 0 Å². The van der Waals surface area contributed by atoms with Crippen molar-refractivity contribution in [3.8, 4) is 0 Å². The standard InChI is InChI=1S/C10H18N2O4/c1-7(10(15)16-2)6-12-4-3-11-5-8(12)9(13)14/h7-8,11H,3-6H2,1-2H3,(H,13,14). The number of piperazine rings is 1. The Kier molecular flexibility index (Phi) is 4.70. The highest BCUT2D eigenvalue weighted by Crippen LogP contribution is 2.09. The van der Waals surface area contributed by atoms with E-state index in [1.807, 2.05) is 0 Å². The van der Waals surface area contributed by atoms with E-state index in [9.17, 15) is 9.59 Å². The van der Waals surface area contributed by atoms with Crippen LogP contribution in [0.2, 0.25) is 0 Å². The Hall–Kier alpha value is -1.14. The lowest BCUT2D eigenvalue weighted by Crippen LogP contribution is -2.56. The Labute approximate surface area is 94.6 Å². The Balaban J connectivity index is 2.55. The van der Waals surface area contributed by atoms with Crippen molar-refractivity contribution in [2.75, 3.05) is 33.3 Å². The molecule has 16 heavy (non-hydrogen) atoms. The van der Waals surface area contributed by atoms with Crippen LogP contribution in [0.3, 0.4) is 0 Å². The average molecular weight is 230 g/mol. The molecular formula is C10H18N2O4. The molecule has 0 saturated carbocycles. The zero-order valence-corrected chi connectivity index (χ0v) is 9.60. The highest BCUT2D eigenvalue weighted by molar-refractivity contribution is 5.74. The van der Waals surface area contributed by atoms with Gasteiger partial charge in [-0.15, -0.1) is 0 Å². The van der Waals surface area contributed by atoms with Gasteiger partial charge in [-0.3, -0.25) is 14.5 Å². The van der Waals surface area contributed by atoms with Crippen LogP contribution in [0.4, 0.5) is 0 Å². The molecule has 2 atom stereocenters. The fraction of sp³-hybridized carbons (Fsp3) is 0.800. The van der Waals surface area contributed by atoms with Gasteiger partial charge >= 0.3 is 11.9 Å². The first kappa shape index (κ1) is 12.9. The lowest BCUT2D eigenvalue weighted by atomic mass is 10.1. The van der Waals surface area contributed by atoms with E-state index in [1.54, 1.807) is 11.8 Å². The van der Waals surface area contributed by atoms with Gasteiger partial charge in [-0.2, -0.15) is 0 Å². The number of carboxylic acid groups (broad SMARTS) is 1. The molecule has 6 nitrogen and oxygen atoms in total. The zero-order chi connectivity index (χ0) is 12.1. The second-order valence-electron chi connectivity index (χ2n) is 3.98. The third kappa shape index (κ3) is 3.18. The van der Waals surface area contributed by atoms with E-state index in [0.29, 0.717) is 19.6 Å².